The molecule has 0 saturated carbocycles. The van der Waals surface area contributed by atoms with Gasteiger partial charge in [0.05, 0.1) is 12.3 Å². The summed E-state index contributed by atoms with van der Waals surface area (Å²) in [5.74, 6) is 1.14. The summed E-state index contributed by atoms with van der Waals surface area (Å²) in [7, 11) is 3.71. The van der Waals surface area contributed by atoms with Gasteiger partial charge in [0.15, 0.2) is 11.0 Å². The SMILES string of the molecule is CN(Cc1cccs1)C(=O)CSc1nnc(-c2cccnc2)n1C. The third-order valence-corrected chi connectivity index (χ3v) is 5.34. The van der Waals surface area contributed by atoms with Gasteiger partial charge in [-0.05, 0) is 23.6 Å². The first kappa shape index (κ1) is 16.7. The van der Waals surface area contributed by atoms with Crippen LogP contribution < -0.4 is 0 Å². The predicted molar refractivity (Wildman–Crippen MR) is 95.8 cm³/mol. The number of carbonyl (C=O) groups is 1. The standard InChI is InChI=1S/C16H17N5OS2/c1-20(10-13-6-4-8-23-13)14(22)11-24-16-19-18-15(21(16)2)12-5-3-7-17-9-12/h3-9H,10-11H2,1-2H3. The van der Waals surface area contributed by atoms with Gasteiger partial charge in [-0.2, -0.15) is 0 Å². The van der Waals surface area contributed by atoms with E-state index in [-0.39, 0.29) is 5.91 Å². The number of carbonyl (C=O) groups excluding carboxylic acids is 1. The Morgan fingerprint density at radius 2 is 2.21 bits per heavy atom. The maximum Gasteiger partial charge on any atom is 0.233 e. The van der Waals surface area contributed by atoms with Crippen LogP contribution in [0.1, 0.15) is 4.88 Å². The number of hydrogen-bond acceptors (Lipinski definition) is 6. The molecule has 0 fully saturated rings. The lowest BCUT2D eigenvalue weighted by atomic mass is 10.3. The van der Waals surface area contributed by atoms with Crippen molar-refractivity contribution in [2.75, 3.05) is 12.8 Å². The van der Waals surface area contributed by atoms with Gasteiger partial charge in [-0.25, -0.2) is 0 Å². The van der Waals surface area contributed by atoms with Crippen molar-refractivity contribution in [3.63, 3.8) is 0 Å². The topological polar surface area (TPSA) is 63.9 Å². The van der Waals surface area contributed by atoms with Gasteiger partial charge in [-0.3, -0.25) is 9.78 Å². The maximum atomic E-state index is 12.3. The normalized spacial score (nSPS) is 10.8. The highest BCUT2D eigenvalue weighted by atomic mass is 32.2. The minimum atomic E-state index is 0.0688. The average Bonchev–Trinajstić information content (AvgIpc) is 3.23. The van der Waals surface area contributed by atoms with Crippen molar-refractivity contribution < 1.29 is 4.79 Å². The molecule has 0 N–H and O–H groups in total. The second kappa shape index (κ2) is 7.59. The third-order valence-electron chi connectivity index (χ3n) is 3.48. The maximum absolute atomic E-state index is 12.3. The van der Waals surface area contributed by atoms with Gasteiger partial charge in [0.1, 0.15) is 0 Å². The van der Waals surface area contributed by atoms with Crippen LogP contribution >= 0.6 is 23.1 Å². The molecule has 0 saturated heterocycles. The molecule has 0 aromatic carbocycles. The van der Waals surface area contributed by atoms with Crippen molar-refractivity contribution >= 4 is 29.0 Å². The van der Waals surface area contributed by atoms with E-state index in [1.165, 1.54) is 16.6 Å². The number of rotatable bonds is 6. The monoisotopic (exact) mass is 359 g/mol. The first-order valence-corrected chi connectivity index (χ1v) is 9.20. The van der Waals surface area contributed by atoms with Crippen LogP contribution in [0.5, 0.6) is 0 Å². The Morgan fingerprint density at radius 1 is 1.33 bits per heavy atom. The van der Waals surface area contributed by atoms with E-state index >= 15 is 0 Å². The lowest BCUT2D eigenvalue weighted by Crippen LogP contribution is -2.27. The molecule has 6 nitrogen and oxygen atoms in total. The van der Waals surface area contributed by atoms with Crippen molar-refractivity contribution in [1.29, 1.82) is 0 Å². The zero-order chi connectivity index (χ0) is 16.9. The number of nitrogens with zero attached hydrogens (tertiary/aromatic N) is 5. The van der Waals surface area contributed by atoms with Gasteiger partial charge in [-0.1, -0.05) is 17.8 Å². The van der Waals surface area contributed by atoms with E-state index in [1.807, 2.05) is 48.3 Å². The van der Waals surface area contributed by atoms with Crippen molar-refractivity contribution in [2.24, 2.45) is 7.05 Å². The fraction of sp³-hybridized carbons (Fsp3) is 0.250. The van der Waals surface area contributed by atoms with Crippen molar-refractivity contribution in [3.05, 3.63) is 46.9 Å². The van der Waals surface area contributed by atoms with E-state index in [0.717, 1.165) is 11.4 Å². The summed E-state index contributed by atoms with van der Waals surface area (Å²) in [6.45, 7) is 0.636. The second-order valence-electron chi connectivity index (χ2n) is 5.22. The van der Waals surface area contributed by atoms with Crippen LogP contribution in [0.4, 0.5) is 0 Å². The van der Waals surface area contributed by atoms with Gasteiger partial charge >= 0.3 is 0 Å². The molecule has 3 aromatic rings. The molecule has 0 bridgehead atoms. The molecule has 3 heterocycles. The van der Waals surface area contributed by atoms with Crippen LogP contribution in [0.3, 0.4) is 0 Å². The Morgan fingerprint density at radius 3 is 2.92 bits per heavy atom. The smallest absolute Gasteiger partial charge is 0.233 e. The Labute approximate surface area is 148 Å². The average molecular weight is 359 g/mol. The van der Waals surface area contributed by atoms with Crippen molar-refractivity contribution in [2.45, 2.75) is 11.7 Å². The molecule has 0 aliphatic rings. The van der Waals surface area contributed by atoms with E-state index in [4.69, 9.17) is 0 Å². The molecule has 1 amide bonds. The molecule has 0 aliphatic heterocycles. The fourth-order valence-corrected chi connectivity index (χ4v) is 3.76. The van der Waals surface area contributed by atoms with E-state index in [0.29, 0.717) is 17.5 Å². The summed E-state index contributed by atoms with van der Waals surface area (Å²) >= 11 is 3.05. The lowest BCUT2D eigenvalue weighted by Gasteiger charge is -2.15. The van der Waals surface area contributed by atoms with Crippen LogP contribution in [0.25, 0.3) is 11.4 Å². The third kappa shape index (κ3) is 3.82. The van der Waals surface area contributed by atoms with E-state index in [2.05, 4.69) is 15.2 Å². The number of hydrogen-bond donors (Lipinski definition) is 0. The zero-order valence-electron chi connectivity index (χ0n) is 13.4. The van der Waals surface area contributed by atoms with Gasteiger partial charge in [0.2, 0.25) is 5.91 Å². The molecule has 3 aromatic heterocycles. The molecular formula is C16H17N5OS2. The number of pyridine rings is 1. The summed E-state index contributed by atoms with van der Waals surface area (Å²) in [5, 5.41) is 11.1. The molecule has 0 unspecified atom stereocenters. The highest BCUT2D eigenvalue weighted by Crippen LogP contribution is 2.22. The van der Waals surface area contributed by atoms with E-state index < -0.39 is 0 Å². The predicted octanol–water partition coefficient (Wildman–Crippen LogP) is 2.69. The summed E-state index contributed by atoms with van der Waals surface area (Å²) in [6, 6.07) is 7.82. The molecule has 3 rings (SSSR count). The molecule has 0 spiro atoms. The van der Waals surface area contributed by atoms with Gasteiger partial charge < -0.3 is 9.47 Å². The molecule has 24 heavy (non-hydrogen) atoms. The molecule has 0 atom stereocenters. The van der Waals surface area contributed by atoms with Crippen LogP contribution in [0.15, 0.2) is 47.2 Å². The highest BCUT2D eigenvalue weighted by molar-refractivity contribution is 7.99. The number of thioether (sulfide) groups is 1. The summed E-state index contributed by atoms with van der Waals surface area (Å²) in [4.78, 5) is 19.3. The minimum absolute atomic E-state index is 0.0688. The van der Waals surface area contributed by atoms with E-state index in [9.17, 15) is 4.79 Å². The van der Waals surface area contributed by atoms with Crippen LogP contribution in [0, 0.1) is 0 Å². The molecule has 0 aliphatic carbocycles. The number of thiophene rings is 1. The zero-order valence-corrected chi connectivity index (χ0v) is 15.0. The van der Waals surface area contributed by atoms with Gasteiger partial charge in [0, 0.05) is 36.9 Å². The van der Waals surface area contributed by atoms with Crippen LogP contribution in [0.2, 0.25) is 0 Å². The largest absolute Gasteiger partial charge is 0.340 e. The van der Waals surface area contributed by atoms with Crippen LogP contribution in [-0.2, 0) is 18.4 Å². The van der Waals surface area contributed by atoms with Gasteiger partial charge in [0.25, 0.3) is 0 Å². The molecule has 0 radical (unpaired) electrons. The second-order valence-corrected chi connectivity index (χ2v) is 7.20. The van der Waals surface area contributed by atoms with Crippen molar-refractivity contribution in [3.8, 4) is 11.4 Å². The lowest BCUT2D eigenvalue weighted by molar-refractivity contribution is -0.127. The van der Waals surface area contributed by atoms with Gasteiger partial charge in [-0.15, -0.1) is 21.5 Å². The molecule has 124 valence electrons. The first-order chi connectivity index (χ1) is 11.6. The quantitative estimate of drug-likeness (QED) is 0.633. The minimum Gasteiger partial charge on any atom is -0.340 e. The number of aromatic nitrogens is 4. The Bertz CT molecular complexity index is 801. The Balaban J connectivity index is 1.61. The Hall–Kier alpha value is -2.19. The summed E-state index contributed by atoms with van der Waals surface area (Å²) in [5.41, 5.74) is 0.903. The summed E-state index contributed by atoms with van der Waals surface area (Å²) < 4.78 is 1.88. The fourth-order valence-electron chi connectivity index (χ4n) is 2.15. The molecular weight excluding hydrogens is 342 g/mol. The highest BCUT2D eigenvalue weighted by Gasteiger charge is 2.15. The van der Waals surface area contributed by atoms with Crippen LogP contribution in [-0.4, -0.2) is 43.4 Å². The number of amides is 1. The molecule has 8 heteroatoms. The van der Waals surface area contributed by atoms with Crippen molar-refractivity contribution in [1.82, 2.24) is 24.6 Å². The first-order valence-electron chi connectivity index (χ1n) is 7.34. The summed E-state index contributed by atoms with van der Waals surface area (Å²) in [6.07, 6.45) is 3.47. The van der Waals surface area contributed by atoms with E-state index in [1.54, 1.807) is 28.6 Å². The Kier molecular flexibility index (Phi) is 5.27.